The topological polar surface area (TPSA) is 94.6 Å². The molecule has 2 fully saturated rings. The van der Waals surface area contributed by atoms with Gasteiger partial charge in [0.05, 0.1) is 19.7 Å². The minimum Gasteiger partial charge on any atom is -0.394 e. The van der Waals surface area contributed by atoms with Crippen molar-refractivity contribution in [1.29, 1.82) is 0 Å². The van der Waals surface area contributed by atoms with Crippen molar-refractivity contribution in [2.75, 3.05) is 19.7 Å². The number of likely N-dealkylation sites (tertiary alicyclic amines) is 1. The van der Waals surface area contributed by atoms with Gasteiger partial charge in [0, 0.05) is 0 Å². The van der Waals surface area contributed by atoms with Crippen LogP contribution in [0.15, 0.2) is 0 Å². The number of hydrogen-bond acceptors (Lipinski definition) is 5. The van der Waals surface area contributed by atoms with Crippen molar-refractivity contribution >= 4 is 0 Å². The lowest BCUT2D eigenvalue weighted by molar-refractivity contribution is -0.959. The van der Waals surface area contributed by atoms with Crippen LogP contribution in [0.3, 0.4) is 0 Å². The SMILES string of the molecule is OC[C@@H]1O[C@@H]([NH+]2CCCCC2)[C@@H](O)[C@H](O)[C@@H]1O. The van der Waals surface area contributed by atoms with E-state index in [4.69, 9.17) is 9.84 Å². The van der Waals surface area contributed by atoms with Gasteiger partial charge in [-0.2, -0.15) is 0 Å². The van der Waals surface area contributed by atoms with Crippen molar-refractivity contribution in [2.24, 2.45) is 0 Å². The maximum atomic E-state index is 9.94. The fraction of sp³-hybridized carbons (Fsp3) is 1.00. The minimum absolute atomic E-state index is 0.352. The van der Waals surface area contributed by atoms with Gasteiger partial charge in [-0.15, -0.1) is 0 Å². The van der Waals surface area contributed by atoms with Crippen LogP contribution in [-0.2, 0) is 4.74 Å². The molecule has 5 N–H and O–H groups in total. The first-order valence-electron chi connectivity index (χ1n) is 6.30. The molecule has 2 rings (SSSR count). The van der Waals surface area contributed by atoms with Gasteiger partial charge in [0.1, 0.15) is 18.3 Å². The lowest BCUT2D eigenvalue weighted by Crippen LogP contribution is -3.19. The van der Waals surface area contributed by atoms with Crippen LogP contribution in [0.25, 0.3) is 0 Å². The van der Waals surface area contributed by atoms with E-state index in [0.29, 0.717) is 0 Å². The van der Waals surface area contributed by atoms with Crippen molar-refractivity contribution < 1.29 is 30.1 Å². The van der Waals surface area contributed by atoms with E-state index in [1.807, 2.05) is 0 Å². The zero-order valence-electron chi connectivity index (χ0n) is 9.83. The van der Waals surface area contributed by atoms with E-state index >= 15 is 0 Å². The molecule has 100 valence electrons. The van der Waals surface area contributed by atoms with Crippen LogP contribution in [-0.4, -0.2) is 70.8 Å². The molecule has 0 aromatic rings. The van der Waals surface area contributed by atoms with Gasteiger partial charge in [0.15, 0.2) is 6.10 Å². The highest BCUT2D eigenvalue weighted by Gasteiger charge is 2.48. The summed E-state index contributed by atoms with van der Waals surface area (Å²) in [5.74, 6) is 0. The Kier molecular flexibility index (Phi) is 4.35. The molecule has 6 heteroatoms. The number of rotatable bonds is 2. The molecule has 0 bridgehead atoms. The van der Waals surface area contributed by atoms with E-state index in [1.165, 1.54) is 6.42 Å². The summed E-state index contributed by atoms with van der Waals surface area (Å²) in [7, 11) is 0. The normalized spacial score (nSPS) is 44.8. The summed E-state index contributed by atoms with van der Waals surface area (Å²) in [5, 5.41) is 38.4. The Bertz CT molecular complexity index is 242. The number of ether oxygens (including phenoxy) is 1. The Morgan fingerprint density at radius 3 is 2.18 bits per heavy atom. The molecule has 6 nitrogen and oxygen atoms in total. The third-order valence-electron chi connectivity index (χ3n) is 3.79. The Morgan fingerprint density at radius 2 is 1.59 bits per heavy atom. The summed E-state index contributed by atoms with van der Waals surface area (Å²) < 4.78 is 5.52. The van der Waals surface area contributed by atoms with Crippen LogP contribution in [0.4, 0.5) is 0 Å². The molecule has 0 aliphatic carbocycles. The molecule has 0 saturated carbocycles. The molecule has 0 radical (unpaired) electrons. The second kappa shape index (κ2) is 5.60. The molecule has 5 atom stereocenters. The van der Waals surface area contributed by atoms with Crippen molar-refractivity contribution in [3.63, 3.8) is 0 Å². The molecule has 2 aliphatic rings. The van der Waals surface area contributed by atoms with E-state index in [0.717, 1.165) is 30.8 Å². The minimum atomic E-state index is -1.25. The van der Waals surface area contributed by atoms with Crippen LogP contribution >= 0.6 is 0 Å². The first kappa shape index (κ1) is 13.2. The van der Waals surface area contributed by atoms with Crippen molar-refractivity contribution in [3.05, 3.63) is 0 Å². The standard InChI is InChI=1S/C11H21NO5/c13-6-7-8(14)9(15)10(16)11(17-7)12-4-2-1-3-5-12/h7-11,13-16H,1-6H2/p+1/t7-,8+,9+,10-,11+/m0/s1. The Labute approximate surface area is 100 Å². The molecule has 0 aromatic carbocycles. The van der Waals surface area contributed by atoms with Gasteiger partial charge in [-0.1, -0.05) is 0 Å². The smallest absolute Gasteiger partial charge is 0.221 e. The summed E-state index contributed by atoms with van der Waals surface area (Å²) in [6, 6.07) is 0. The summed E-state index contributed by atoms with van der Waals surface area (Å²) in [6.07, 6.45) is -1.61. The fourth-order valence-electron chi connectivity index (χ4n) is 2.73. The number of nitrogens with one attached hydrogen (secondary N) is 1. The third kappa shape index (κ3) is 2.62. The molecule has 0 amide bonds. The van der Waals surface area contributed by atoms with Crippen LogP contribution in [0, 0.1) is 0 Å². The quantitative estimate of drug-likeness (QED) is 0.356. The van der Waals surface area contributed by atoms with Crippen LogP contribution < -0.4 is 4.90 Å². The summed E-state index contributed by atoms with van der Waals surface area (Å²) in [6.45, 7) is 1.43. The molecule has 2 heterocycles. The Hall–Kier alpha value is -0.240. The number of quaternary nitrogens is 1. The second-order valence-corrected chi connectivity index (χ2v) is 4.97. The molecule has 2 aliphatic heterocycles. The monoisotopic (exact) mass is 248 g/mol. The maximum Gasteiger partial charge on any atom is 0.221 e. The van der Waals surface area contributed by atoms with Gasteiger partial charge >= 0.3 is 0 Å². The van der Waals surface area contributed by atoms with Crippen LogP contribution in [0.2, 0.25) is 0 Å². The van der Waals surface area contributed by atoms with E-state index in [2.05, 4.69) is 0 Å². The summed E-state index contributed by atoms with van der Waals surface area (Å²) in [4.78, 5) is 1.09. The van der Waals surface area contributed by atoms with Gasteiger partial charge in [-0.05, 0) is 19.3 Å². The number of aliphatic hydroxyl groups is 4. The predicted molar refractivity (Wildman–Crippen MR) is 58.3 cm³/mol. The van der Waals surface area contributed by atoms with Gasteiger partial charge < -0.3 is 30.1 Å². The maximum absolute atomic E-state index is 9.94. The van der Waals surface area contributed by atoms with Crippen molar-refractivity contribution in [1.82, 2.24) is 0 Å². The number of hydrogen-bond donors (Lipinski definition) is 5. The van der Waals surface area contributed by atoms with Crippen LogP contribution in [0.1, 0.15) is 19.3 Å². The van der Waals surface area contributed by atoms with E-state index in [-0.39, 0.29) is 6.61 Å². The molecule has 17 heavy (non-hydrogen) atoms. The first-order valence-corrected chi connectivity index (χ1v) is 6.30. The highest BCUT2D eigenvalue weighted by molar-refractivity contribution is 4.88. The van der Waals surface area contributed by atoms with Gasteiger partial charge in [-0.3, -0.25) is 0 Å². The first-order chi connectivity index (χ1) is 8.15. The molecular formula is C11H22NO5+. The molecule has 0 spiro atoms. The third-order valence-corrected chi connectivity index (χ3v) is 3.79. The van der Waals surface area contributed by atoms with E-state index in [1.54, 1.807) is 0 Å². The lowest BCUT2D eigenvalue weighted by atomic mass is 9.97. The largest absolute Gasteiger partial charge is 0.394 e. The van der Waals surface area contributed by atoms with Gasteiger partial charge in [-0.25, -0.2) is 0 Å². The zero-order valence-corrected chi connectivity index (χ0v) is 9.83. The molecule has 0 unspecified atom stereocenters. The fourth-order valence-corrected chi connectivity index (χ4v) is 2.73. The highest BCUT2D eigenvalue weighted by Crippen LogP contribution is 2.18. The van der Waals surface area contributed by atoms with Gasteiger partial charge in [0.25, 0.3) is 0 Å². The number of aliphatic hydroxyl groups excluding tert-OH is 4. The molecule has 2 saturated heterocycles. The Morgan fingerprint density at radius 1 is 0.941 bits per heavy atom. The zero-order chi connectivity index (χ0) is 12.4. The van der Waals surface area contributed by atoms with Gasteiger partial charge in [0.2, 0.25) is 6.23 Å². The highest BCUT2D eigenvalue weighted by atomic mass is 16.6. The Balaban J connectivity index is 2.04. The average molecular weight is 248 g/mol. The predicted octanol–water partition coefficient (Wildman–Crippen LogP) is -3.14. The van der Waals surface area contributed by atoms with Crippen molar-refractivity contribution in [2.45, 2.75) is 49.9 Å². The van der Waals surface area contributed by atoms with Crippen LogP contribution in [0.5, 0.6) is 0 Å². The molecule has 0 aromatic heterocycles. The average Bonchev–Trinajstić information content (AvgIpc) is 2.37. The molecular weight excluding hydrogens is 226 g/mol. The van der Waals surface area contributed by atoms with E-state index in [9.17, 15) is 15.3 Å². The number of piperidine rings is 1. The van der Waals surface area contributed by atoms with Crippen molar-refractivity contribution in [3.8, 4) is 0 Å². The summed E-state index contributed by atoms with van der Waals surface area (Å²) in [5.41, 5.74) is 0. The summed E-state index contributed by atoms with van der Waals surface area (Å²) >= 11 is 0. The van der Waals surface area contributed by atoms with E-state index < -0.39 is 30.6 Å². The lowest BCUT2D eigenvalue weighted by Gasteiger charge is -2.43. The second-order valence-electron chi connectivity index (χ2n) is 4.97.